The summed E-state index contributed by atoms with van der Waals surface area (Å²) < 4.78 is 1.47. The Hall–Kier alpha value is -2.12. The highest BCUT2D eigenvalue weighted by molar-refractivity contribution is 8.01. The predicted molar refractivity (Wildman–Crippen MR) is 99.6 cm³/mol. The number of aryl methyl sites for hydroxylation is 1. The van der Waals surface area contributed by atoms with Crippen LogP contribution in [-0.4, -0.2) is 82.6 Å². The minimum atomic E-state index is -1.22. The maximum Gasteiger partial charge on any atom is 0.352 e. The molecule has 1 aromatic heterocycles. The highest BCUT2D eigenvalue weighted by atomic mass is 35.5. The number of nitrogens with one attached hydrogen (secondary N) is 1. The molecule has 0 aliphatic carbocycles. The van der Waals surface area contributed by atoms with E-state index in [1.807, 2.05) is 0 Å². The Labute approximate surface area is 172 Å². The van der Waals surface area contributed by atoms with E-state index in [1.54, 1.807) is 7.05 Å². The van der Waals surface area contributed by atoms with Gasteiger partial charge in [-0.3, -0.25) is 19.3 Å². The van der Waals surface area contributed by atoms with Gasteiger partial charge in [0.05, 0.1) is 12.3 Å². The van der Waals surface area contributed by atoms with Crippen molar-refractivity contribution in [3.63, 3.8) is 0 Å². The molecule has 1 fully saturated rings. The van der Waals surface area contributed by atoms with Crippen LogP contribution in [0.2, 0.25) is 0 Å². The van der Waals surface area contributed by atoms with Gasteiger partial charge < -0.3 is 10.4 Å². The standard InChI is InChI=1S/C14H15ClN6O5S2/c1-20-14(17-18-19-20)28-5-6-4-27-12-9(16-8(23)2-7(22)3-15)11(24)21(12)10(6)13(25)26/h9,12H,2-5H2,1H3,(H,16,23)(H,25,26)/t9-,12-/m1/s1. The third kappa shape index (κ3) is 4.00. The number of aromatic nitrogens is 4. The minimum Gasteiger partial charge on any atom is -0.477 e. The van der Waals surface area contributed by atoms with Crippen molar-refractivity contribution in [3.8, 4) is 0 Å². The normalized spacial score (nSPS) is 21.2. The van der Waals surface area contributed by atoms with E-state index in [2.05, 4.69) is 20.8 Å². The Morgan fingerprint density at radius 3 is 2.79 bits per heavy atom. The molecule has 3 rings (SSSR count). The Morgan fingerprint density at radius 1 is 1.43 bits per heavy atom. The third-order valence-corrected chi connectivity index (χ3v) is 6.76. The number of hydrogen-bond donors (Lipinski definition) is 2. The van der Waals surface area contributed by atoms with Crippen LogP contribution in [0.25, 0.3) is 0 Å². The predicted octanol–water partition coefficient (Wildman–Crippen LogP) is -0.761. The summed E-state index contributed by atoms with van der Waals surface area (Å²) in [6.07, 6.45) is -0.417. The lowest BCUT2D eigenvalue weighted by molar-refractivity contribution is -0.150. The lowest BCUT2D eigenvalue weighted by atomic mass is 10.0. The van der Waals surface area contributed by atoms with Gasteiger partial charge in [-0.25, -0.2) is 9.48 Å². The molecule has 2 amide bonds. The molecular formula is C14H15ClN6O5S2. The number of β-lactam (4-membered cyclic amide) rings is 1. The molecule has 0 unspecified atom stereocenters. The van der Waals surface area contributed by atoms with Crippen LogP contribution in [0.1, 0.15) is 6.42 Å². The van der Waals surface area contributed by atoms with Crippen LogP contribution in [0, 0.1) is 0 Å². The zero-order chi connectivity index (χ0) is 20.4. The molecule has 0 aromatic carbocycles. The molecule has 2 N–H and O–H groups in total. The first-order chi connectivity index (χ1) is 13.3. The minimum absolute atomic E-state index is 0.0845. The first kappa shape index (κ1) is 20.6. The number of amides is 2. The van der Waals surface area contributed by atoms with Crippen molar-refractivity contribution in [2.24, 2.45) is 7.05 Å². The number of thioether (sulfide) groups is 2. The smallest absolute Gasteiger partial charge is 0.352 e. The van der Waals surface area contributed by atoms with Crippen LogP contribution in [0.15, 0.2) is 16.4 Å². The number of halogens is 1. The number of aliphatic carboxylic acids is 1. The van der Waals surface area contributed by atoms with Gasteiger partial charge in [-0.15, -0.1) is 28.5 Å². The number of tetrazole rings is 1. The van der Waals surface area contributed by atoms with Crippen molar-refractivity contribution in [1.82, 2.24) is 30.4 Å². The van der Waals surface area contributed by atoms with E-state index in [-0.39, 0.29) is 11.6 Å². The zero-order valence-corrected chi connectivity index (χ0v) is 16.9. The molecule has 1 saturated heterocycles. The Balaban J connectivity index is 1.71. The molecule has 0 spiro atoms. The SMILES string of the molecule is Cn1nnnc1SCC1=C(C(=O)O)N2C(=O)[C@@H](NC(=O)CC(=O)CCl)[C@H]2SC1. The van der Waals surface area contributed by atoms with E-state index < -0.39 is 41.4 Å². The van der Waals surface area contributed by atoms with Crippen LogP contribution in [0.4, 0.5) is 0 Å². The Kier molecular flexibility index (Phi) is 6.25. The molecule has 3 heterocycles. The molecule has 2 atom stereocenters. The van der Waals surface area contributed by atoms with Gasteiger partial charge in [0.2, 0.25) is 11.1 Å². The fourth-order valence-corrected chi connectivity index (χ4v) is 5.17. The second kappa shape index (κ2) is 8.49. The lowest BCUT2D eigenvalue weighted by Gasteiger charge is -2.49. The van der Waals surface area contributed by atoms with Crippen molar-refractivity contribution in [1.29, 1.82) is 0 Å². The summed E-state index contributed by atoms with van der Waals surface area (Å²) >= 11 is 7.98. The maximum absolute atomic E-state index is 12.5. The van der Waals surface area contributed by atoms with E-state index in [1.165, 1.54) is 33.1 Å². The average molecular weight is 447 g/mol. The van der Waals surface area contributed by atoms with Crippen molar-refractivity contribution < 1.29 is 24.3 Å². The molecule has 0 radical (unpaired) electrons. The van der Waals surface area contributed by atoms with Gasteiger partial charge in [0.15, 0.2) is 5.78 Å². The van der Waals surface area contributed by atoms with Gasteiger partial charge in [-0.2, -0.15) is 0 Å². The number of carboxylic acids is 1. The fourth-order valence-electron chi connectivity index (χ4n) is 2.74. The van der Waals surface area contributed by atoms with E-state index >= 15 is 0 Å². The van der Waals surface area contributed by atoms with Crippen LogP contribution in [0.5, 0.6) is 0 Å². The van der Waals surface area contributed by atoms with Gasteiger partial charge in [0.1, 0.15) is 17.1 Å². The van der Waals surface area contributed by atoms with Crippen LogP contribution in [0.3, 0.4) is 0 Å². The summed E-state index contributed by atoms with van der Waals surface area (Å²) in [5.74, 6) is -2.41. The Morgan fingerprint density at radius 2 is 2.18 bits per heavy atom. The number of carbonyl (C=O) groups excluding carboxylic acids is 3. The van der Waals surface area contributed by atoms with Crippen LogP contribution < -0.4 is 5.32 Å². The van der Waals surface area contributed by atoms with E-state index in [0.29, 0.717) is 22.2 Å². The number of ketones is 1. The average Bonchev–Trinajstić information content (AvgIpc) is 3.08. The van der Waals surface area contributed by atoms with Gasteiger partial charge in [0, 0.05) is 18.6 Å². The molecule has 2 aliphatic rings. The summed E-state index contributed by atoms with van der Waals surface area (Å²) in [6, 6.07) is -0.868. The number of carbonyl (C=O) groups is 4. The molecule has 1 aromatic rings. The molecule has 28 heavy (non-hydrogen) atoms. The van der Waals surface area contributed by atoms with E-state index in [4.69, 9.17) is 11.6 Å². The van der Waals surface area contributed by atoms with E-state index in [9.17, 15) is 24.3 Å². The van der Waals surface area contributed by atoms with Crippen LogP contribution in [-0.2, 0) is 26.2 Å². The number of rotatable bonds is 8. The first-order valence-corrected chi connectivity index (χ1v) is 10.5. The van der Waals surface area contributed by atoms with E-state index in [0.717, 1.165) is 0 Å². The van der Waals surface area contributed by atoms with Crippen molar-refractivity contribution in [3.05, 3.63) is 11.3 Å². The third-order valence-electron chi connectivity index (χ3n) is 4.03. The van der Waals surface area contributed by atoms with Gasteiger partial charge in [0.25, 0.3) is 5.91 Å². The molecule has 150 valence electrons. The summed E-state index contributed by atoms with van der Waals surface area (Å²) in [5.41, 5.74) is 0.482. The number of Topliss-reactive ketones (excluding diaryl/α,β-unsaturated/α-hetero) is 1. The van der Waals surface area contributed by atoms with Gasteiger partial charge in [-0.1, -0.05) is 11.8 Å². The highest BCUT2D eigenvalue weighted by Gasteiger charge is 2.54. The molecule has 14 heteroatoms. The number of nitrogens with zero attached hydrogens (tertiary/aromatic N) is 5. The largest absolute Gasteiger partial charge is 0.477 e. The monoisotopic (exact) mass is 446 g/mol. The molecule has 0 bridgehead atoms. The topological polar surface area (TPSA) is 147 Å². The number of hydrogen-bond acceptors (Lipinski definition) is 9. The number of alkyl halides is 1. The second-order valence-electron chi connectivity index (χ2n) is 5.94. The summed E-state index contributed by atoms with van der Waals surface area (Å²) in [6.45, 7) is 0. The fraction of sp³-hybridized carbons (Fsp3) is 0.500. The van der Waals surface area contributed by atoms with Crippen LogP contribution >= 0.6 is 35.1 Å². The number of carboxylic acid groups (broad SMARTS) is 1. The summed E-state index contributed by atoms with van der Waals surface area (Å²) in [5, 5.41) is 23.2. The molecule has 11 nitrogen and oxygen atoms in total. The maximum atomic E-state index is 12.5. The second-order valence-corrected chi connectivity index (χ2v) is 8.25. The van der Waals surface area contributed by atoms with Gasteiger partial charge in [-0.05, 0) is 16.0 Å². The molecule has 2 aliphatic heterocycles. The molecule has 0 saturated carbocycles. The number of fused-ring (bicyclic) bond motifs is 1. The van der Waals surface area contributed by atoms with Crippen molar-refractivity contribution in [2.45, 2.75) is 23.0 Å². The lowest BCUT2D eigenvalue weighted by Crippen LogP contribution is -2.70. The van der Waals surface area contributed by atoms with Gasteiger partial charge >= 0.3 is 5.97 Å². The quantitative estimate of drug-likeness (QED) is 0.226. The van der Waals surface area contributed by atoms with Crippen molar-refractivity contribution in [2.75, 3.05) is 17.4 Å². The molecular weight excluding hydrogens is 432 g/mol. The van der Waals surface area contributed by atoms with Crippen molar-refractivity contribution >= 4 is 58.7 Å². The highest BCUT2D eigenvalue weighted by Crippen LogP contribution is 2.41. The summed E-state index contributed by atoms with van der Waals surface area (Å²) in [4.78, 5) is 48.5. The first-order valence-electron chi connectivity index (χ1n) is 7.95. The zero-order valence-electron chi connectivity index (χ0n) is 14.5. The summed E-state index contributed by atoms with van der Waals surface area (Å²) in [7, 11) is 1.67. The Bertz CT molecular complexity index is 874.